The number of hydrogen-bond acceptors (Lipinski definition) is 2. The third-order valence-corrected chi connectivity index (χ3v) is 1.73. The first-order chi connectivity index (χ1) is 4.18. The lowest BCUT2D eigenvalue weighted by molar-refractivity contribution is -0.169. The highest BCUT2D eigenvalue weighted by atomic mass is 16.6. The average Bonchev–Trinajstić information content (AvgIpc) is 1.59. The van der Waals surface area contributed by atoms with E-state index in [1.807, 2.05) is 6.92 Å². The molecule has 1 unspecified atom stereocenters. The third-order valence-electron chi connectivity index (χ3n) is 1.73. The molecular weight excluding hydrogens is 116 g/mol. The Hall–Kier alpha value is -0.0800. The van der Waals surface area contributed by atoms with Gasteiger partial charge in [0.05, 0.1) is 6.10 Å². The predicted octanol–water partition coefficient (Wildman–Crippen LogP) is 1.14. The van der Waals surface area contributed by atoms with Crippen molar-refractivity contribution in [3.8, 4) is 0 Å². The Kier molecular flexibility index (Phi) is 2.09. The SMILES string of the molecule is C[C@H]1CC(O)O[C@@H](C)C1. The van der Waals surface area contributed by atoms with Crippen molar-refractivity contribution in [2.75, 3.05) is 0 Å². The Balaban J connectivity index is 2.34. The van der Waals surface area contributed by atoms with Crippen LogP contribution in [-0.4, -0.2) is 17.5 Å². The molecule has 54 valence electrons. The lowest BCUT2D eigenvalue weighted by Crippen LogP contribution is -2.29. The van der Waals surface area contributed by atoms with Crippen LogP contribution in [0.3, 0.4) is 0 Å². The van der Waals surface area contributed by atoms with Gasteiger partial charge in [-0.2, -0.15) is 0 Å². The Labute approximate surface area is 55.8 Å². The molecule has 1 saturated heterocycles. The summed E-state index contributed by atoms with van der Waals surface area (Å²) in [6.45, 7) is 4.14. The van der Waals surface area contributed by atoms with Gasteiger partial charge in [-0.15, -0.1) is 0 Å². The molecule has 1 N–H and O–H groups in total. The first kappa shape index (κ1) is 7.03. The van der Waals surface area contributed by atoms with Crippen LogP contribution < -0.4 is 0 Å². The molecule has 0 aromatic heterocycles. The summed E-state index contributed by atoms with van der Waals surface area (Å²) in [5, 5.41) is 9.03. The second-order valence-corrected chi connectivity index (χ2v) is 2.98. The maximum atomic E-state index is 9.03. The quantitative estimate of drug-likeness (QED) is 0.533. The van der Waals surface area contributed by atoms with Gasteiger partial charge in [0, 0.05) is 6.42 Å². The lowest BCUT2D eigenvalue weighted by atomic mass is 9.98. The van der Waals surface area contributed by atoms with Gasteiger partial charge in [-0.25, -0.2) is 0 Å². The highest BCUT2D eigenvalue weighted by Crippen LogP contribution is 2.22. The van der Waals surface area contributed by atoms with E-state index in [4.69, 9.17) is 9.84 Å². The van der Waals surface area contributed by atoms with Gasteiger partial charge in [0.2, 0.25) is 0 Å². The van der Waals surface area contributed by atoms with Gasteiger partial charge < -0.3 is 9.84 Å². The normalized spacial score (nSPS) is 45.0. The van der Waals surface area contributed by atoms with E-state index < -0.39 is 6.29 Å². The van der Waals surface area contributed by atoms with E-state index in [0.29, 0.717) is 5.92 Å². The molecule has 0 aromatic carbocycles. The standard InChI is InChI=1S/C7H14O2/c1-5-3-6(2)9-7(8)4-5/h5-8H,3-4H2,1-2H3/t5-,6+,7?/m1/s1. The summed E-state index contributed by atoms with van der Waals surface area (Å²) >= 11 is 0. The molecule has 0 saturated carbocycles. The number of aliphatic hydroxyl groups is 1. The van der Waals surface area contributed by atoms with Crippen molar-refractivity contribution in [3.63, 3.8) is 0 Å². The molecule has 0 spiro atoms. The van der Waals surface area contributed by atoms with Crippen LogP contribution in [-0.2, 0) is 4.74 Å². The van der Waals surface area contributed by atoms with Crippen molar-refractivity contribution in [1.82, 2.24) is 0 Å². The summed E-state index contributed by atoms with van der Waals surface area (Å²) < 4.78 is 5.11. The van der Waals surface area contributed by atoms with Crippen LogP contribution in [0, 0.1) is 5.92 Å². The number of hydrogen-bond donors (Lipinski definition) is 1. The summed E-state index contributed by atoms with van der Waals surface area (Å²) in [6, 6.07) is 0. The Morgan fingerprint density at radius 1 is 1.33 bits per heavy atom. The van der Waals surface area contributed by atoms with Crippen LogP contribution in [0.1, 0.15) is 26.7 Å². The minimum Gasteiger partial charge on any atom is -0.368 e. The summed E-state index contributed by atoms with van der Waals surface area (Å²) in [4.78, 5) is 0. The first-order valence-corrected chi connectivity index (χ1v) is 3.52. The van der Waals surface area contributed by atoms with E-state index >= 15 is 0 Å². The first-order valence-electron chi connectivity index (χ1n) is 3.52. The Bertz CT molecular complexity index is 67.9. The van der Waals surface area contributed by atoms with Crippen LogP contribution >= 0.6 is 0 Å². The van der Waals surface area contributed by atoms with Crippen molar-refractivity contribution in [1.29, 1.82) is 0 Å². The van der Waals surface area contributed by atoms with Gasteiger partial charge in [0.25, 0.3) is 0 Å². The predicted molar refractivity (Wildman–Crippen MR) is 35.0 cm³/mol. The molecule has 0 aliphatic carbocycles. The van der Waals surface area contributed by atoms with Crippen LogP contribution in [0.5, 0.6) is 0 Å². The van der Waals surface area contributed by atoms with Gasteiger partial charge in [-0.1, -0.05) is 6.92 Å². The number of aliphatic hydroxyl groups excluding tert-OH is 1. The van der Waals surface area contributed by atoms with E-state index in [1.165, 1.54) is 0 Å². The van der Waals surface area contributed by atoms with Crippen LogP contribution in [0.15, 0.2) is 0 Å². The molecule has 1 fully saturated rings. The molecule has 0 radical (unpaired) electrons. The van der Waals surface area contributed by atoms with Crippen LogP contribution in [0.2, 0.25) is 0 Å². The highest BCUT2D eigenvalue weighted by molar-refractivity contribution is 4.66. The molecule has 3 atom stereocenters. The zero-order valence-corrected chi connectivity index (χ0v) is 6.00. The third kappa shape index (κ3) is 1.95. The Morgan fingerprint density at radius 2 is 2.00 bits per heavy atom. The molecule has 1 aliphatic heterocycles. The second kappa shape index (κ2) is 2.67. The second-order valence-electron chi connectivity index (χ2n) is 2.98. The molecule has 0 amide bonds. The van der Waals surface area contributed by atoms with Gasteiger partial charge in [0.1, 0.15) is 0 Å². The minimum absolute atomic E-state index is 0.240. The topological polar surface area (TPSA) is 29.5 Å². The number of rotatable bonds is 0. The highest BCUT2D eigenvalue weighted by Gasteiger charge is 2.21. The fourth-order valence-electron chi connectivity index (χ4n) is 1.39. The zero-order valence-electron chi connectivity index (χ0n) is 6.00. The minimum atomic E-state index is -0.510. The van der Waals surface area contributed by atoms with E-state index in [1.54, 1.807) is 0 Å². The monoisotopic (exact) mass is 130 g/mol. The van der Waals surface area contributed by atoms with Crippen molar-refractivity contribution < 1.29 is 9.84 Å². The fraction of sp³-hybridized carbons (Fsp3) is 1.00. The van der Waals surface area contributed by atoms with Crippen LogP contribution in [0.4, 0.5) is 0 Å². The van der Waals surface area contributed by atoms with E-state index in [0.717, 1.165) is 12.8 Å². The molecule has 2 heteroatoms. The molecule has 0 aromatic rings. The van der Waals surface area contributed by atoms with Gasteiger partial charge in [0.15, 0.2) is 6.29 Å². The van der Waals surface area contributed by atoms with Gasteiger partial charge >= 0.3 is 0 Å². The molecule has 1 rings (SSSR count). The summed E-state index contributed by atoms with van der Waals surface area (Å²) in [6.07, 6.45) is 1.61. The maximum absolute atomic E-state index is 9.03. The summed E-state index contributed by atoms with van der Waals surface area (Å²) in [5.74, 6) is 0.615. The largest absolute Gasteiger partial charge is 0.368 e. The van der Waals surface area contributed by atoms with Crippen LogP contribution in [0.25, 0.3) is 0 Å². The van der Waals surface area contributed by atoms with E-state index in [9.17, 15) is 0 Å². The number of ether oxygens (including phenoxy) is 1. The Morgan fingerprint density at radius 3 is 2.44 bits per heavy atom. The lowest BCUT2D eigenvalue weighted by Gasteiger charge is -2.28. The average molecular weight is 130 g/mol. The van der Waals surface area contributed by atoms with Crippen molar-refractivity contribution in [3.05, 3.63) is 0 Å². The zero-order chi connectivity index (χ0) is 6.85. The fourth-order valence-corrected chi connectivity index (χ4v) is 1.39. The molecule has 1 heterocycles. The molecule has 9 heavy (non-hydrogen) atoms. The maximum Gasteiger partial charge on any atom is 0.155 e. The van der Waals surface area contributed by atoms with Crippen molar-refractivity contribution in [2.24, 2.45) is 5.92 Å². The van der Waals surface area contributed by atoms with Gasteiger partial charge in [-0.3, -0.25) is 0 Å². The van der Waals surface area contributed by atoms with Crippen molar-refractivity contribution >= 4 is 0 Å². The van der Waals surface area contributed by atoms with E-state index in [-0.39, 0.29) is 6.10 Å². The summed E-state index contributed by atoms with van der Waals surface area (Å²) in [7, 11) is 0. The molecule has 2 nitrogen and oxygen atoms in total. The smallest absolute Gasteiger partial charge is 0.155 e. The van der Waals surface area contributed by atoms with E-state index in [2.05, 4.69) is 6.92 Å². The van der Waals surface area contributed by atoms with Gasteiger partial charge in [-0.05, 0) is 19.3 Å². The molecular formula is C7H14O2. The molecule has 0 bridgehead atoms. The molecule has 1 aliphatic rings. The summed E-state index contributed by atoms with van der Waals surface area (Å²) in [5.41, 5.74) is 0. The van der Waals surface area contributed by atoms with Crippen molar-refractivity contribution in [2.45, 2.75) is 39.1 Å².